The van der Waals surface area contributed by atoms with Crippen LogP contribution < -0.4 is 0 Å². The van der Waals surface area contributed by atoms with E-state index in [1.807, 2.05) is 54.6 Å². The Hall–Kier alpha value is -1.57. The van der Waals surface area contributed by atoms with Crippen molar-refractivity contribution in [1.29, 1.82) is 0 Å². The molecular weight excluding hydrogens is 265 g/mol. The molecule has 0 saturated heterocycles. The summed E-state index contributed by atoms with van der Waals surface area (Å²) >= 11 is 12.3. The number of fused-ring (bicyclic) bond motifs is 1. The second kappa shape index (κ2) is 4.60. The highest BCUT2D eigenvalue weighted by molar-refractivity contribution is 6.36. The summed E-state index contributed by atoms with van der Waals surface area (Å²) in [6.07, 6.45) is 0. The minimum Gasteiger partial charge on any atom is -0.248 e. The van der Waals surface area contributed by atoms with Crippen LogP contribution >= 0.6 is 23.2 Å². The second-order valence-corrected chi connectivity index (χ2v) is 4.86. The number of aromatic nitrogens is 1. The predicted octanol–water partition coefficient (Wildman–Crippen LogP) is 5.21. The Morgan fingerprint density at radius 3 is 2.39 bits per heavy atom. The molecule has 3 aromatic rings. The smallest absolute Gasteiger partial charge is 0.0739 e. The fourth-order valence-corrected chi connectivity index (χ4v) is 2.35. The van der Waals surface area contributed by atoms with Crippen LogP contribution in [0.3, 0.4) is 0 Å². The lowest BCUT2D eigenvalue weighted by Crippen LogP contribution is -1.86. The van der Waals surface area contributed by atoms with Crippen molar-refractivity contribution < 1.29 is 0 Å². The van der Waals surface area contributed by atoms with E-state index in [0.29, 0.717) is 10.0 Å². The number of pyridine rings is 1. The molecule has 3 rings (SSSR count). The Kier molecular flexibility index (Phi) is 2.94. The zero-order valence-electron chi connectivity index (χ0n) is 9.40. The van der Waals surface area contributed by atoms with Gasteiger partial charge in [0.1, 0.15) is 0 Å². The third-order valence-corrected chi connectivity index (χ3v) is 3.34. The molecule has 0 bridgehead atoms. The van der Waals surface area contributed by atoms with Crippen LogP contribution in [-0.4, -0.2) is 4.98 Å². The Balaban J connectivity index is 2.27. The van der Waals surface area contributed by atoms with Gasteiger partial charge in [-0.15, -0.1) is 0 Å². The SMILES string of the molecule is Clc1ccc2c(Cl)cc(-c3ccccc3)nc2c1. The standard InChI is InChI=1S/C15H9Cl2N/c16-11-6-7-12-13(17)9-14(18-15(12)8-11)10-4-2-1-3-5-10/h1-9H. The molecule has 0 unspecified atom stereocenters. The summed E-state index contributed by atoms with van der Waals surface area (Å²) in [7, 11) is 0. The lowest BCUT2D eigenvalue weighted by molar-refractivity contribution is 1.40. The van der Waals surface area contributed by atoms with Crippen molar-refractivity contribution in [2.75, 3.05) is 0 Å². The maximum atomic E-state index is 6.28. The first-order valence-electron chi connectivity index (χ1n) is 5.55. The molecule has 1 nitrogen and oxygen atoms in total. The van der Waals surface area contributed by atoms with E-state index in [0.717, 1.165) is 22.2 Å². The number of benzene rings is 2. The van der Waals surface area contributed by atoms with Gasteiger partial charge in [0.15, 0.2) is 0 Å². The van der Waals surface area contributed by atoms with Crippen LogP contribution in [0.5, 0.6) is 0 Å². The molecule has 1 heterocycles. The molecule has 0 atom stereocenters. The molecule has 1 aromatic heterocycles. The molecule has 3 heteroatoms. The Bertz CT molecular complexity index is 708. The van der Waals surface area contributed by atoms with Gasteiger partial charge in [0.2, 0.25) is 0 Å². The number of hydrogen-bond acceptors (Lipinski definition) is 1. The quantitative estimate of drug-likeness (QED) is 0.593. The van der Waals surface area contributed by atoms with Gasteiger partial charge in [-0.05, 0) is 24.3 Å². The third-order valence-electron chi connectivity index (χ3n) is 2.79. The average Bonchev–Trinajstić information content (AvgIpc) is 2.39. The van der Waals surface area contributed by atoms with Crippen molar-refractivity contribution in [3.8, 4) is 11.3 Å². The van der Waals surface area contributed by atoms with Crippen LogP contribution in [-0.2, 0) is 0 Å². The molecule has 0 N–H and O–H groups in total. The largest absolute Gasteiger partial charge is 0.248 e. The highest BCUT2D eigenvalue weighted by atomic mass is 35.5. The second-order valence-electron chi connectivity index (χ2n) is 4.02. The molecule has 0 aliphatic carbocycles. The van der Waals surface area contributed by atoms with Crippen molar-refractivity contribution in [3.05, 3.63) is 64.6 Å². The van der Waals surface area contributed by atoms with E-state index >= 15 is 0 Å². The minimum absolute atomic E-state index is 0.663. The van der Waals surface area contributed by atoms with Gasteiger partial charge in [0.25, 0.3) is 0 Å². The van der Waals surface area contributed by atoms with Gasteiger partial charge < -0.3 is 0 Å². The van der Waals surface area contributed by atoms with E-state index in [1.165, 1.54) is 0 Å². The number of nitrogens with zero attached hydrogens (tertiary/aromatic N) is 1. The fourth-order valence-electron chi connectivity index (χ4n) is 1.92. The van der Waals surface area contributed by atoms with Crippen LogP contribution in [0.2, 0.25) is 10.0 Å². The number of rotatable bonds is 1. The van der Waals surface area contributed by atoms with Gasteiger partial charge in [-0.3, -0.25) is 0 Å². The van der Waals surface area contributed by atoms with Crippen molar-refractivity contribution in [2.24, 2.45) is 0 Å². The van der Waals surface area contributed by atoms with Gasteiger partial charge in [0.05, 0.1) is 16.2 Å². The minimum atomic E-state index is 0.663. The topological polar surface area (TPSA) is 12.9 Å². The molecule has 0 aliphatic heterocycles. The molecule has 0 fully saturated rings. The van der Waals surface area contributed by atoms with E-state index in [4.69, 9.17) is 23.2 Å². The van der Waals surface area contributed by atoms with Gasteiger partial charge in [-0.25, -0.2) is 4.98 Å². The van der Waals surface area contributed by atoms with E-state index in [1.54, 1.807) is 0 Å². The first-order valence-corrected chi connectivity index (χ1v) is 6.31. The predicted molar refractivity (Wildman–Crippen MR) is 77.2 cm³/mol. The summed E-state index contributed by atoms with van der Waals surface area (Å²) < 4.78 is 0. The summed E-state index contributed by atoms with van der Waals surface area (Å²) in [6.45, 7) is 0. The molecule has 88 valence electrons. The molecule has 0 spiro atoms. The monoisotopic (exact) mass is 273 g/mol. The first kappa shape index (κ1) is 11.5. The Morgan fingerprint density at radius 1 is 0.833 bits per heavy atom. The lowest BCUT2D eigenvalue weighted by atomic mass is 10.1. The van der Waals surface area contributed by atoms with Crippen molar-refractivity contribution in [1.82, 2.24) is 4.98 Å². The van der Waals surface area contributed by atoms with E-state index in [2.05, 4.69) is 4.98 Å². The first-order chi connectivity index (χ1) is 8.74. The summed E-state index contributed by atoms with van der Waals surface area (Å²) in [5.74, 6) is 0. The van der Waals surface area contributed by atoms with Crippen LogP contribution in [0.1, 0.15) is 0 Å². The highest BCUT2D eigenvalue weighted by Crippen LogP contribution is 2.29. The molecule has 0 saturated carbocycles. The number of hydrogen-bond donors (Lipinski definition) is 0. The third kappa shape index (κ3) is 2.07. The molecule has 0 radical (unpaired) electrons. The summed E-state index contributed by atoms with van der Waals surface area (Å²) in [6, 6.07) is 17.4. The summed E-state index contributed by atoms with van der Waals surface area (Å²) in [5.41, 5.74) is 2.71. The number of halogens is 2. The molecule has 0 amide bonds. The maximum absolute atomic E-state index is 6.28. The van der Waals surface area contributed by atoms with Gasteiger partial charge >= 0.3 is 0 Å². The lowest BCUT2D eigenvalue weighted by Gasteiger charge is -2.05. The average molecular weight is 274 g/mol. The van der Waals surface area contributed by atoms with Crippen molar-refractivity contribution >= 4 is 34.1 Å². The molecule has 0 aliphatic rings. The normalized spacial score (nSPS) is 10.8. The van der Waals surface area contributed by atoms with Crippen molar-refractivity contribution in [3.63, 3.8) is 0 Å². The maximum Gasteiger partial charge on any atom is 0.0739 e. The zero-order chi connectivity index (χ0) is 12.5. The molecular formula is C15H9Cl2N. The Labute approximate surface area is 115 Å². The molecule has 2 aromatic carbocycles. The zero-order valence-corrected chi connectivity index (χ0v) is 10.9. The van der Waals surface area contributed by atoms with Crippen LogP contribution in [0.15, 0.2) is 54.6 Å². The van der Waals surface area contributed by atoms with Crippen LogP contribution in [0, 0.1) is 0 Å². The fraction of sp³-hybridized carbons (Fsp3) is 0. The van der Waals surface area contributed by atoms with Crippen LogP contribution in [0.4, 0.5) is 0 Å². The van der Waals surface area contributed by atoms with Gasteiger partial charge in [-0.2, -0.15) is 0 Å². The van der Waals surface area contributed by atoms with E-state index in [9.17, 15) is 0 Å². The van der Waals surface area contributed by atoms with E-state index in [-0.39, 0.29) is 0 Å². The van der Waals surface area contributed by atoms with Crippen LogP contribution in [0.25, 0.3) is 22.2 Å². The van der Waals surface area contributed by atoms with E-state index < -0.39 is 0 Å². The Morgan fingerprint density at radius 2 is 1.61 bits per heavy atom. The van der Waals surface area contributed by atoms with Gasteiger partial charge in [-0.1, -0.05) is 53.5 Å². The van der Waals surface area contributed by atoms with Crippen molar-refractivity contribution in [2.45, 2.75) is 0 Å². The highest BCUT2D eigenvalue weighted by Gasteiger charge is 2.06. The summed E-state index contributed by atoms with van der Waals surface area (Å²) in [5, 5.41) is 2.27. The summed E-state index contributed by atoms with van der Waals surface area (Å²) in [4.78, 5) is 4.60. The van der Waals surface area contributed by atoms with Gasteiger partial charge in [0, 0.05) is 16.0 Å². The molecule has 18 heavy (non-hydrogen) atoms.